The van der Waals surface area contributed by atoms with E-state index in [0.717, 1.165) is 24.3 Å². The van der Waals surface area contributed by atoms with Gasteiger partial charge in [0.2, 0.25) is 5.91 Å². The van der Waals surface area contributed by atoms with Crippen LogP contribution in [-0.4, -0.2) is 39.9 Å². The quantitative estimate of drug-likeness (QED) is 0.757. The summed E-state index contributed by atoms with van der Waals surface area (Å²) in [5, 5.41) is 15.0. The van der Waals surface area contributed by atoms with Crippen LogP contribution in [0.15, 0.2) is 24.3 Å². The number of thioether (sulfide) groups is 1. The lowest BCUT2D eigenvalue weighted by molar-refractivity contribution is -0.144. The van der Waals surface area contributed by atoms with Gasteiger partial charge in [-0.05, 0) is 61.5 Å². The van der Waals surface area contributed by atoms with E-state index in [9.17, 15) is 19.5 Å². The fourth-order valence-electron chi connectivity index (χ4n) is 2.70. The number of anilines is 1. The third kappa shape index (κ3) is 3.72. The predicted octanol–water partition coefficient (Wildman–Crippen LogP) is 2.12. The molecule has 2 aliphatic rings. The first-order chi connectivity index (χ1) is 11.5. The Bertz CT molecular complexity index is 649. The molecule has 2 fully saturated rings. The summed E-state index contributed by atoms with van der Waals surface area (Å²) in [6, 6.07) is 6.54. The Balaban J connectivity index is 1.65. The maximum absolute atomic E-state index is 12.4. The van der Waals surface area contributed by atoms with Crippen molar-refractivity contribution in [1.29, 1.82) is 0 Å². The van der Waals surface area contributed by atoms with Gasteiger partial charge in [-0.1, -0.05) is 0 Å². The van der Waals surface area contributed by atoms with Gasteiger partial charge in [0.1, 0.15) is 5.54 Å². The number of carbonyl (C=O) groups excluding carboxylic acids is 2. The van der Waals surface area contributed by atoms with E-state index in [4.69, 9.17) is 0 Å². The molecule has 0 unspecified atom stereocenters. The van der Waals surface area contributed by atoms with Crippen molar-refractivity contribution in [2.45, 2.75) is 31.2 Å². The molecule has 3 rings (SSSR count). The summed E-state index contributed by atoms with van der Waals surface area (Å²) in [6.07, 6.45) is 2.71. The third-order valence-corrected chi connectivity index (χ3v) is 5.46. The van der Waals surface area contributed by atoms with Gasteiger partial charge in [-0.15, -0.1) is 0 Å². The lowest BCUT2D eigenvalue weighted by Crippen LogP contribution is -2.56. The summed E-state index contributed by atoms with van der Waals surface area (Å²) in [4.78, 5) is 35.7. The van der Waals surface area contributed by atoms with E-state index in [1.807, 2.05) is 0 Å². The molecule has 1 saturated heterocycles. The van der Waals surface area contributed by atoms with Crippen molar-refractivity contribution in [2.75, 3.05) is 16.8 Å². The Labute approximate surface area is 144 Å². The number of hydrogen-bond donors (Lipinski definition) is 3. The van der Waals surface area contributed by atoms with Crippen LogP contribution in [0.4, 0.5) is 5.69 Å². The van der Waals surface area contributed by atoms with Gasteiger partial charge < -0.3 is 15.7 Å². The molecular weight excluding hydrogens is 328 g/mol. The van der Waals surface area contributed by atoms with E-state index in [2.05, 4.69) is 10.6 Å². The van der Waals surface area contributed by atoms with Crippen LogP contribution < -0.4 is 10.6 Å². The van der Waals surface area contributed by atoms with Crippen LogP contribution in [0.25, 0.3) is 0 Å². The van der Waals surface area contributed by atoms with Crippen LogP contribution in [0.5, 0.6) is 0 Å². The molecule has 0 radical (unpaired) electrons. The molecule has 0 aromatic heterocycles. The molecule has 6 nitrogen and oxygen atoms in total. The molecular formula is C17H20N2O4S. The van der Waals surface area contributed by atoms with E-state index < -0.39 is 17.4 Å². The Kier molecular flexibility index (Phi) is 4.80. The highest BCUT2D eigenvalue weighted by Gasteiger charge is 2.41. The number of nitrogens with one attached hydrogen (secondary N) is 2. The van der Waals surface area contributed by atoms with Crippen LogP contribution in [0, 0.1) is 5.92 Å². The van der Waals surface area contributed by atoms with E-state index in [1.54, 1.807) is 36.0 Å². The molecule has 128 valence electrons. The van der Waals surface area contributed by atoms with Gasteiger partial charge in [-0.25, -0.2) is 4.79 Å². The Morgan fingerprint density at radius 3 is 2.25 bits per heavy atom. The lowest BCUT2D eigenvalue weighted by atomic mass is 9.92. The molecule has 24 heavy (non-hydrogen) atoms. The normalized spacial score (nSPS) is 19.3. The smallest absolute Gasteiger partial charge is 0.329 e. The van der Waals surface area contributed by atoms with Crippen molar-refractivity contribution in [3.63, 3.8) is 0 Å². The Morgan fingerprint density at radius 2 is 1.71 bits per heavy atom. The lowest BCUT2D eigenvalue weighted by Gasteiger charge is -2.33. The van der Waals surface area contributed by atoms with Crippen LogP contribution in [0.3, 0.4) is 0 Å². The van der Waals surface area contributed by atoms with E-state index in [-0.39, 0.29) is 11.8 Å². The predicted molar refractivity (Wildman–Crippen MR) is 92.2 cm³/mol. The second-order valence-electron chi connectivity index (χ2n) is 6.29. The highest BCUT2D eigenvalue weighted by atomic mass is 32.2. The average molecular weight is 348 g/mol. The van der Waals surface area contributed by atoms with Crippen molar-refractivity contribution in [1.82, 2.24) is 5.32 Å². The van der Waals surface area contributed by atoms with Gasteiger partial charge in [0, 0.05) is 17.2 Å². The summed E-state index contributed by atoms with van der Waals surface area (Å²) in [5.41, 5.74) is -0.148. The minimum Gasteiger partial charge on any atom is -0.480 e. The monoisotopic (exact) mass is 348 g/mol. The van der Waals surface area contributed by atoms with Gasteiger partial charge in [0.15, 0.2) is 0 Å². The van der Waals surface area contributed by atoms with Crippen molar-refractivity contribution in [3.05, 3.63) is 29.8 Å². The van der Waals surface area contributed by atoms with E-state index >= 15 is 0 Å². The maximum Gasteiger partial charge on any atom is 0.329 e. The number of benzene rings is 1. The van der Waals surface area contributed by atoms with Gasteiger partial charge in [0.05, 0.1) is 0 Å². The molecule has 3 N–H and O–H groups in total. The van der Waals surface area contributed by atoms with Crippen molar-refractivity contribution in [3.8, 4) is 0 Å². The van der Waals surface area contributed by atoms with Gasteiger partial charge >= 0.3 is 5.97 Å². The molecule has 0 spiro atoms. The minimum absolute atomic E-state index is 0.0109. The van der Waals surface area contributed by atoms with Crippen molar-refractivity contribution < 1.29 is 19.5 Å². The molecule has 0 bridgehead atoms. The van der Waals surface area contributed by atoms with Gasteiger partial charge in [-0.2, -0.15) is 11.8 Å². The molecule has 7 heteroatoms. The summed E-state index contributed by atoms with van der Waals surface area (Å²) in [7, 11) is 0. The van der Waals surface area contributed by atoms with Crippen molar-refractivity contribution in [2.24, 2.45) is 5.92 Å². The highest BCUT2D eigenvalue weighted by molar-refractivity contribution is 7.99. The zero-order chi connectivity index (χ0) is 17.2. The minimum atomic E-state index is -1.18. The van der Waals surface area contributed by atoms with Crippen LogP contribution in [0.2, 0.25) is 0 Å². The first-order valence-electron chi connectivity index (χ1n) is 8.05. The first kappa shape index (κ1) is 16.8. The number of aliphatic carboxylic acids is 1. The SMILES string of the molecule is O=C(NC1(C(=O)O)CCSCC1)c1ccc(NC(=O)C2CC2)cc1. The molecule has 2 amide bonds. The van der Waals surface area contributed by atoms with E-state index in [1.165, 1.54) is 0 Å². The zero-order valence-electron chi connectivity index (χ0n) is 13.2. The number of carboxylic acids is 1. The number of carboxylic acid groups (broad SMARTS) is 1. The standard InChI is InChI=1S/C17H20N2O4S/c20-14(11-1-2-11)18-13-5-3-12(4-6-13)15(21)19-17(16(22)23)7-9-24-10-8-17/h3-6,11H,1-2,7-10H2,(H,18,20)(H,19,21)(H,22,23). The molecule has 1 aromatic carbocycles. The number of amides is 2. The summed E-state index contributed by atoms with van der Waals surface area (Å²) in [6.45, 7) is 0. The maximum atomic E-state index is 12.4. The van der Waals surface area contributed by atoms with Gasteiger partial charge in [0.25, 0.3) is 5.91 Å². The largest absolute Gasteiger partial charge is 0.480 e. The van der Waals surface area contributed by atoms with Crippen molar-refractivity contribution >= 4 is 35.2 Å². The second-order valence-corrected chi connectivity index (χ2v) is 7.52. The molecule has 1 heterocycles. The van der Waals surface area contributed by atoms with Crippen LogP contribution in [0.1, 0.15) is 36.0 Å². The number of rotatable bonds is 5. The highest BCUT2D eigenvalue weighted by Crippen LogP contribution is 2.30. The van der Waals surface area contributed by atoms with E-state index in [0.29, 0.717) is 24.1 Å². The number of hydrogen-bond acceptors (Lipinski definition) is 4. The molecule has 1 saturated carbocycles. The molecule has 1 aliphatic heterocycles. The average Bonchev–Trinajstić information content (AvgIpc) is 3.41. The summed E-state index contributed by atoms with van der Waals surface area (Å²) >= 11 is 1.70. The topological polar surface area (TPSA) is 95.5 Å². The zero-order valence-corrected chi connectivity index (χ0v) is 14.0. The molecule has 1 aromatic rings. The summed E-state index contributed by atoms with van der Waals surface area (Å²) in [5.74, 6) is 0.190. The second kappa shape index (κ2) is 6.84. The summed E-state index contributed by atoms with van der Waals surface area (Å²) < 4.78 is 0. The first-order valence-corrected chi connectivity index (χ1v) is 9.20. The Morgan fingerprint density at radius 1 is 1.08 bits per heavy atom. The Hall–Kier alpha value is -2.02. The fourth-order valence-corrected chi connectivity index (χ4v) is 3.89. The fraction of sp³-hybridized carbons (Fsp3) is 0.471. The number of carbonyl (C=O) groups is 3. The van der Waals surface area contributed by atoms with Crippen LogP contribution in [-0.2, 0) is 9.59 Å². The molecule has 1 aliphatic carbocycles. The van der Waals surface area contributed by atoms with Gasteiger partial charge in [-0.3, -0.25) is 9.59 Å². The third-order valence-electron chi connectivity index (χ3n) is 4.47. The molecule has 0 atom stereocenters. The van der Waals surface area contributed by atoms with Crippen LogP contribution >= 0.6 is 11.8 Å².